The van der Waals surface area contributed by atoms with Gasteiger partial charge in [-0.2, -0.15) is 0 Å². The van der Waals surface area contributed by atoms with Crippen molar-refractivity contribution in [2.75, 3.05) is 19.8 Å². The Kier molecular flexibility index (Phi) is 4.76. The van der Waals surface area contributed by atoms with Crippen molar-refractivity contribution in [1.82, 2.24) is 0 Å². The number of hydrogen-bond acceptors (Lipinski definition) is 3. The minimum Gasteiger partial charge on any atom is -0.493 e. The smallest absolute Gasteiger partial charge is 0.192 e. The molecule has 0 atom stereocenters. The van der Waals surface area contributed by atoms with Crippen LogP contribution in [0.5, 0.6) is 5.75 Å². The summed E-state index contributed by atoms with van der Waals surface area (Å²) in [5, 5.41) is 0. The Bertz CT molecular complexity index is 396. The Labute approximate surface area is 108 Å². The van der Waals surface area contributed by atoms with Gasteiger partial charge in [0, 0.05) is 6.61 Å². The second kappa shape index (κ2) is 6.55. The molecule has 0 unspecified atom stereocenters. The molecule has 1 aliphatic carbocycles. The van der Waals surface area contributed by atoms with Gasteiger partial charge in [0.2, 0.25) is 0 Å². The number of Topliss-reactive ketones (excluding diaryl/α,β-unsaturated/α-hetero) is 1. The van der Waals surface area contributed by atoms with Gasteiger partial charge in [-0.3, -0.25) is 4.79 Å². The van der Waals surface area contributed by atoms with Crippen LogP contribution in [0.2, 0.25) is 0 Å². The first-order valence-corrected chi connectivity index (χ1v) is 6.64. The predicted molar refractivity (Wildman–Crippen MR) is 70.1 cm³/mol. The van der Waals surface area contributed by atoms with Crippen molar-refractivity contribution >= 4 is 5.78 Å². The Balaban J connectivity index is 1.82. The zero-order valence-corrected chi connectivity index (χ0v) is 10.9. The monoisotopic (exact) mass is 248 g/mol. The molecule has 1 aromatic carbocycles. The summed E-state index contributed by atoms with van der Waals surface area (Å²) in [5.41, 5.74) is 0.616. The van der Waals surface area contributed by atoms with Gasteiger partial charge >= 0.3 is 0 Å². The van der Waals surface area contributed by atoms with Crippen molar-refractivity contribution in [3.63, 3.8) is 0 Å². The molecule has 18 heavy (non-hydrogen) atoms. The molecule has 0 N–H and O–H groups in total. The van der Waals surface area contributed by atoms with Crippen LogP contribution in [0.25, 0.3) is 0 Å². The average molecular weight is 248 g/mol. The number of hydrogen-bond donors (Lipinski definition) is 0. The van der Waals surface area contributed by atoms with Crippen molar-refractivity contribution in [3.05, 3.63) is 29.8 Å². The first-order valence-electron chi connectivity index (χ1n) is 6.64. The lowest BCUT2D eigenvalue weighted by molar-refractivity contribution is 0.0745. The lowest BCUT2D eigenvalue weighted by Crippen LogP contribution is -2.12. The second-order valence-electron chi connectivity index (χ2n) is 4.64. The molecular formula is C15H20O3. The van der Waals surface area contributed by atoms with Gasteiger partial charge in [0.25, 0.3) is 0 Å². The highest BCUT2D eigenvalue weighted by Crippen LogP contribution is 2.32. The van der Waals surface area contributed by atoms with E-state index in [0.717, 1.165) is 12.3 Å². The zero-order valence-electron chi connectivity index (χ0n) is 10.9. The Morgan fingerprint density at radius 1 is 1.33 bits per heavy atom. The van der Waals surface area contributed by atoms with Gasteiger partial charge < -0.3 is 9.47 Å². The molecule has 2 rings (SSSR count). The molecule has 98 valence electrons. The van der Waals surface area contributed by atoms with E-state index in [1.165, 1.54) is 12.8 Å². The van der Waals surface area contributed by atoms with Crippen molar-refractivity contribution < 1.29 is 14.3 Å². The largest absolute Gasteiger partial charge is 0.493 e. The lowest BCUT2D eigenvalue weighted by Gasteiger charge is -2.09. The van der Waals surface area contributed by atoms with Crippen LogP contribution in [-0.4, -0.2) is 25.6 Å². The number of benzene rings is 1. The molecule has 1 aromatic rings. The number of ether oxygens (including phenoxy) is 2. The molecule has 3 nitrogen and oxygen atoms in total. The van der Waals surface area contributed by atoms with Crippen LogP contribution in [0.1, 0.15) is 36.5 Å². The number of para-hydroxylation sites is 1. The first-order chi connectivity index (χ1) is 8.81. The van der Waals surface area contributed by atoms with Gasteiger partial charge in [-0.15, -0.1) is 0 Å². The summed E-state index contributed by atoms with van der Waals surface area (Å²) in [6.07, 6.45) is 3.73. The number of carbonyl (C=O) groups is 1. The second-order valence-corrected chi connectivity index (χ2v) is 4.64. The van der Waals surface area contributed by atoms with E-state index in [9.17, 15) is 4.79 Å². The van der Waals surface area contributed by atoms with Crippen LogP contribution in [0.4, 0.5) is 0 Å². The third kappa shape index (κ3) is 3.84. The molecule has 0 aromatic heterocycles. The van der Waals surface area contributed by atoms with E-state index in [0.29, 0.717) is 24.5 Å². The number of carbonyl (C=O) groups excluding carboxylic acids is 1. The molecule has 0 saturated heterocycles. The highest BCUT2D eigenvalue weighted by atomic mass is 16.5. The van der Waals surface area contributed by atoms with Crippen LogP contribution in [0.15, 0.2) is 24.3 Å². The summed E-state index contributed by atoms with van der Waals surface area (Å²) in [7, 11) is 0. The average Bonchev–Trinajstić information content (AvgIpc) is 3.19. The molecule has 0 amide bonds. The summed E-state index contributed by atoms with van der Waals surface area (Å²) in [6, 6.07) is 7.33. The summed E-state index contributed by atoms with van der Waals surface area (Å²) in [4.78, 5) is 12.0. The fraction of sp³-hybridized carbons (Fsp3) is 0.533. The topological polar surface area (TPSA) is 35.5 Å². The zero-order chi connectivity index (χ0) is 12.8. The molecule has 1 fully saturated rings. The predicted octanol–water partition coefficient (Wildman–Crippen LogP) is 3.08. The molecule has 0 radical (unpaired) electrons. The van der Waals surface area contributed by atoms with E-state index in [1.807, 2.05) is 25.1 Å². The maximum absolute atomic E-state index is 12.0. The maximum atomic E-state index is 12.0. The minimum absolute atomic E-state index is 0.00477. The van der Waals surface area contributed by atoms with Crippen LogP contribution < -0.4 is 4.74 Å². The molecule has 0 heterocycles. The molecule has 1 aliphatic rings. The van der Waals surface area contributed by atoms with E-state index in [2.05, 4.69) is 0 Å². The van der Waals surface area contributed by atoms with E-state index in [4.69, 9.17) is 9.47 Å². The molecule has 3 heteroatoms. The van der Waals surface area contributed by atoms with Crippen LogP contribution >= 0.6 is 0 Å². The fourth-order valence-electron chi connectivity index (χ4n) is 1.88. The molecule has 0 spiro atoms. The Morgan fingerprint density at radius 2 is 2.11 bits per heavy atom. The van der Waals surface area contributed by atoms with E-state index in [1.54, 1.807) is 6.07 Å². The first kappa shape index (κ1) is 13.1. The summed E-state index contributed by atoms with van der Waals surface area (Å²) >= 11 is 0. The highest BCUT2D eigenvalue weighted by Gasteiger charge is 2.20. The van der Waals surface area contributed by atoms with Crippen LogP contribution in [0, 0.1) is 5.92 Å². The standard InChI is InChI=1S/C15H20O3/c1-2-18-15-6-4-3-5-13(15)14(16)11-17-10-9-12-7-8-12/h3-6,12H,2,7-11H2,1H3. The van der Waals surface area contributed by atoms with Gasteiger partial charge in [0.1, 0.15) is 12.4 Å². The van der Waals surface area contributed by atoms with Gasteiger partial charge in [-0.1, -0.05) is 25.0 Å². The third-order valence-electron chi connectivity index (χ3n) is 3.09. The lowest BCUT2D eigenvalue weighted by atomic mass is 10.1. The summed E-state index contributed by atoms with van der Waals surface area (Å²) < 4.78 is 10.9. The quantitative estimate of drug-likeness (QED) is 0.524. The molecular weight excluding hydrogens is 228 g/mol. The van der Waals surface area contributed by atoms with Crippen LogP contribution in [-0.2, 0) is 4.74 Å². The van der Waals surface area contributed by atoms with Gasteiger partial charge in [-0.25, -0.2) is 0 Å². The molecule has 0 bridgehead atoms. The Hall–Kier alpha value is -1.35. The van der Waals surface area contributed by atoms with E-state index in [-0.39, 0.29) is 12.4 Å². The van der Waals surface area contributed by atoms with Crippen molar-refractivity contribution in [3.8, 4) is 5.75 Å². The van der Waals surface area contributed by atoms with Crippen molar-refractivity contribution in [1.29, 1.82) is 0 Å². The van der Waals surface area contributed by atoms with E-state index >= 15 is 0 Å². The van der Waals surface area contributed by atoms with Crippen LogP contribution in [0.3, 0.4) is 0 Å². The van der Waals surface area contributed by atoms with E-state index < -0.39 is 0 Å². The number of ketones is 1. The van der Waals surface area contributed by atoms with Gasteiger partial charge in [-0.05, 0) is 31.4 Å². The van der Waals surface area contributed by atoms with Crippen molar-refractivity contribution in [2.24, 2.45) is 5.92 Å². The third-order valence-corrected chi connectivity index (χ3v) is 3.09. The fourth-order valence-corrected chi connectivity index (χ4v) is 1.88. The van der Waals surface area contributed by atoms with Gasteiger partial charge in [0.15, 0.2) is 5.78 Å². The van der Waals surface area contributed by atoms with Gasteiger partial charge in [0.05, 0.1) is 12.2 Å². The maximum Gasteiger partial charge on any atom is 0.192 e. The summed E-state index contributed by atoms with van der Waals surface area (Å²) in [6.45, 7) is 3.31. The minimum atomic E-state index is -0.00477. The SMILES string of the molecule is CCOc1ccccc1C(=O)COCCC1CC1. The Morgan fingerprint density at radius 3 is 2.83 bits per heavy atom. The normalized spacial score (nSPS) is 14.5. The summed E-state index contributed by atoms with van der Waals surface area (Å²) in [5.74, 6) is 1.49. The van der Waals surface area contributed by atoms with Crippen molar-refractivity contribution in [2.45, 2.75) is 26.2 Å². The highest BCUT2D eigenvalue weighted by molar-refractivity contribution is 5.99. The molecule has 1 saturated carbocycles. The number of rotatable bonds is 8. The molecule has 0 aliphatic heterocycles.